The molecule has 0 radical (unpaired) electrons. The van der Waals surface area contributed by atoms with Gasteiger partial charge in [-0.2, -0.15) is 0 Å². The standard InChI is InChI=1S/C18H26N4O2S2.C12H14N4O3.C5H13NS2.CH4/c1-12-10-22(5)16(19-12)17(24)20-13-9-14(21(4)11-13)15(23)7-8-18(2,3)26-25-6;1-7-5-16(3)10(13-7)11(17)14-8-4-9(12(18)19)15(2)6-8;1-5(2,4-6)8-7-3;/h9-11H,7-8H2,1-6H3,(H,20,24);4-6H,1-3H3,(H,14,17)(H,18,19);4,6H2,1-3H3;1H4. The lowest BCUT2D eigenvalue weighted by molar-refractivity contribution is 0.0685. The first-order chi connectivity index (χ1) is 24.6. The van der Waals surface area contributed by atoms with Crippen LogP contribution in [0.4, 0.5) is 11.4 Å². The highest BCUT2D eigenvalue weighted by atomic mass is 33.1. The third kappa shape index (κ3) is 14.9. The zero-order valence-electron chi connectivity index (χ0n) is 32.6. The fourth-order valence-electron chi connectivity index (χ4n) is 4.85. The first-order valence-corrected chi connectivity index (χ1v) is 21.6. The molecule has 4 aromatic heterocycles. The predicted molar refractivity (Wildman–Crippen MR) is 229 cm³/mol. The number of nitrogens with two attached hydrogens (primary N) is 1. The van der Waals surface area contributed by atoms with Crippen molar-refractivity contribution in [1.29, 1.82) is 0 Å². The summed E-state index contributed by atoms with van der Waals surface area (Å²) in [5, 5.41) is 14.4. The van der Waals surface area contributed by atoms with Crippen molar-refractivity contribution < 1.29 is 24.3 Å². The number of imidazole rings is 2. The number of carboxylic acids is 1. The molecule has 0 aliphatic heterocycles. The third-order valence-corrected chi connectivity index (χ3v) is 12.8. The number of hydrogen-bond donors (Lipinski definition) is 4. The molecule has 4 rings (SSSR count). The van der Waals surface area contributed by atoms with Crippen LogP contribution < -0.4 is 16.4 Å². The molecule has 0 aliphatic rings. The Kier molecular flexibility index (Phi) is 19.3. The van der Waals surface area contributed by atoms with E-state index in [4.69, 9.17) is 10.8 Å². The number of amides is 2. The first-order valence-electron chi connectivity index (χ1n) is 16.5. The minimum absolute atomic E-state index is 0. The highest BCUT2D eigenvalue weighted by molar-refractivity contribution is 8.77. The monoisotopic (exact) mass is 823 g/mol. The summed E-state index contributed by atoms with van der Waals surface area (Å²) in [6, 6.07) is 3.13. The minimum Gasteiger partial charge on any atom is -0.477 e. The molecule has 0 saturated heterocycles. The number of ketones is 1. The van der Waals surface area contributed by atoms with Crippen LogP contribution in [-0.4, -0.2) is 85.5 Å². The highest BCUT2D eigenvalue weighted by Crippen LogP contribution is 2.37. The van der Waals surface area contributed by atoms with Gasteiger partial charge in [-0.15, -0.1) is 0 Å². The smallest absolute Gasteiger partial charge is 0.352 e. The lowest BCUT2D eigenvalue weighted by Crippen LogP contribution is -2.25. The minimum atomic E-state index is -1.05. The third-order valence-electron chi connectivity index (χ3n) is 7.49. The average Bonchev–Trinajstić information content (AvgIpc) is 3.81. The van der Waals surface area contributed by atoms with Gasteiger partial charge < -0.3 is 39.7 Å². The molecule has 5 N–H and O–H groups in total. The molecule has 0 saturated carbocycles. The second-order valence-corrected chi connectivity index (χ2v) is 19.7. The van der Waals surface area contributed by atoms with Crippen LogP contribution in [0, 0.1) is 13.8 Å². The lowest BCUT2D eigenvalue weighted by atomic mass is 10.0. The van der Waals surface area contributed by atoms with Crippen LogP contribution in [0.5, 0.6) is 0 Å². The number of carbonyl (C=O) groups excluding carboxylic acids is 3. The summed E-state index contributed by atoms with van der Waals surface area (Å²) in [6.45, 7) is 13.0. The topological polar surface area (TPSA) is 184 Å². The quantitative estimate of drug-likeness (QED) is 0.0729. The number of aryl methyl sites for hydroxylation is 6. The normalized spacial score (nSPS) is 11.1. The number of rotatable bonds is 14. The lowest BCUT2D eigenvalue weighted by Gasteiger charge is -2.21. The van der Waals surface area contributed by atoms with Crippen molar-refractivity contribution >= 4 is 78.1 Å². The first kappa shape index (κ1) is 48.4. The van der Waals surface area contributed by atoms with Crippen molar-refractivity contribution in [2.75, 3.05) is 29.7 Å². The number of carboxylic acid groups (broad SMARTS) is 1. The van der Waals surface area contributed by atoms with E-state index in [1.807, 2.05) is 31.0 Å². The van der Waals surface area contributed by atoms with E-state index in [2.05, 4.69) is 54.6 Å². The van der Waals surface area contributed by atoms with Gasteiger partial charge in [-0.05, 0) is 72.6 Å². The van der Waals surface area contributed by atoms with Crippen molar-refractivity contribution in [1.82, 2.24) is 28.2 Å². The van der Waals surface area contributed by atoms with Crippen molar-refractivity contribution in [3.05, 3.63) is 71.3 Å². The zero-order chi connectivity index (χ0) is 40.3. The van der Waals surface area contributed by atoms with E-state index in [1.54, 1.807) is 98.8 Å². The Morgan fingerprint density at radius 2 is 1.13 bits per heavy atom. The molecule has 0 fully saturated rings. The van der Waals surface area contributed by atoms with Crippen LogP contribution in [0.25, 0.3) is 0 Å². The largest absolute Gasteiger partial charge is 0.477 e. The van der Waals surface area contributed by atoms with Crippen LogP contribution in [0.3, 0.4) is 0 Å². The van der Waals surface area contributed by atoms with Crippen molar-refractivity contribution in [2.24, 2.45) is 33.9 Å². The van der Waals surface area contributed by atoms with E-state index in [1.165, 1.54) is 16.8 Å². The van der Waals surface area contributed by atoms with Crippen LogP contribution in [0.2, 0.25) is 0 Å². The van der Waals surface area contributed by atoms with Gasteiger partial charge in [0, 0.05) is 75.4 Å². The summed E-state index contributed by atoms with van der Waals surface area (Å²) in [5.41, 5.74) is 8.71. The Hall–Kier alpha value is -3.58. The summed E-state index contributed by atoms with van der Waals surface area (Å²) in [7, 11) is 14.0. The van der Waals surface area contributed by atoms with Crippen LogP contribution in [0.15, 0.2) is 36.9 Å². The Morgan fingerprint density at radius 1 is 0.722 bits per heavy atom. The molecule has 0 spiro atoms. The van der Waals surface area contributed by atoms with Gasteiger partial charge in [-0.1, -0.05) is 50.6 Å². The second kappa shape index (κ2) is 21.5. The summed E-state index contributed by atoms with van der Waals surface area (Å²) < 4.78 is 6.79. The zero-order valence-corrected chi connectivity index (χ0v) is 35.8. The Bertz CT molecular complexity index is 1870. The van der Waals surface area contributed by atoms with Gasteiger partial charge in [0.1, 0.15) is 5.69 Å². The molecule has 54 heavy (non-hydrogen) atoms. The van der Waals surface area contributed by atoms with E-state index in [0.29, 0.717) is 29.3 Å². The number of Topliss-reactive ketones (excluding diaryl/α,β-unsaturated/α-hetero) is 1. The maximum absolute atomic E-state index is 12.6. The second-order valence-electron chi connectivity index (χ2n) is 13.4. The Morgan fingerprint density at radius 3 is 1.46 bits per heavy atom. The van der Waals surface area contributed by atoms with Gasteiger partial charge in [0.2, 0.25) is 0 Å². The van der Waals surface area contributed by atoms with Gasteiger partial charge in [0.05, 0.1) is 28.5 Å². The summed E-state index contributed by atoms with van der Waals surface area (Å²) in [6.07, 6.45) is 12.2. The molecular weight excluding hydrogens is 767 g/mol. The van der Waals surface area contributed by atoms with Crippen molar-refractivity contribution in [3.8, 4) is 0 Å². The number of carbonyl (C=O) groups is 4. The molecule has 0 unspecified atom stereocenters. The summed E-state index contributed by atoms with van der Waals surface area (Å²) >= 11 is 0. The molecule has 0 bridgehead atoms. The van der Waals surface area contributed by atoms with E-state index >= 15 is 0 Å². The fraction of sp³-hybridized carbons (Fsp3) is 0.500. The van der Waals surface area contributed by atoms with E-state index in [9.17, 15) is 19.2 Å². The Balaban J connectivity index is 0.000000456. The van der Waals surface area contributed by atoms with Gasteiger partial charge in [-0.25, -0.2) is 14.8 Å². The average molecular weight is 824 g/mol. The van der Waals surface area contributed by atoms with Gasteiger partial charge in [-0.3, -0.25) is 14.4 Å². The summed E-state index contributed by atoms with van der Waals surface area (Å²) in [5.74, 6) is -1.01. The SMILES string of the molecule is C.CSSC(C)(C)CCC(=O)c1cc(NC(=O)c2nc(C)cn2C)cn1C.CSSC(C)(C)CN.Cc1cn(C)c(C(=O)Nc2cc(C(=O)O)n(C)c2)n1. The van der Waals surface area contributed by atoms with Crippen LogP contribution in [0.1, 0.15) is 102 Å². The van der Waals surface area contributed by atoms with E-state index in [-0.39, 0.29) is 46.0 Å². The molecule has 4 heterocycles. The van der Waals surface area contributed by atoms with E-state index in [0.717, 1.165) is 24.4 Å². The number of nitrogens with zero attached hydrogens (tertiary/aromatic N) is 6. The molecule has 14 nitrogen and oxygen atoms in total. The number of aromatic carboxylic acids is 1. The maximum atomic E-state index is 12.6. The van der Waals surface area contributed by atoms with Crippen molar-refractivity contribution in [3.63, 3.8) is 0 Å². The molecule has 4 aromatic rings. The van der Waals surface area contributed by atoms with Crippen molar-refractivity contribution in [2.45, 2.75) is 71.3 Å². The molecule has 300 valence electrons. The molecule has 18 heteroatoms. The highest BCUT2D eigenvalue weighted by Gasteiger charge is 2.22. The van der Waals surface area contributed by atoms with E-state index < -0.39 is 5.97 Å². The van der Waals surface area contributed by atoms with Crippen LogP contribution >= 0.6 is 43.2 Å². The molecule has 0 atom stereocenters. The Labute approximate surface area is 335 Å². The number of anilines is 2. The maximum Gasteiger partial charge on any atom is 0.352 e. The summed E-state index contributed by atoms with van der Waals surface area (Å²) in [4.78, 5) is 56.2. The number of aromatic nitrogens is 6. The molecular formula is C36H57N9O5S4. The predicted octanol–water partition coefficient (Wildman–Crippen LogP) is 7.46. The van der Waals surface area contributed by atoms with Gasteiger partial charge in [0.25, 0.3) is 11.8 Å². The van der Waals surface area contributed by atoms with Gasteiger partial charge in [0.15, 0.2) is 17.4 Å². The fourth-order valence-corrected chi connectivity index (χ4v) is 9.17. The van der Waals surface area contributed by atoms with Gasteiger partial charge >= 0.3 is 5.97 Å². The van der Waals surface area contributed by atoms with Crippen LogP contribution in [-0.2, 0) is 28.2 Å². The number of hydrogen-bond acceptors (Lipinski definition) is 11. The molecule has 2 amide bonds. The number of nitrogens with one attached hydrogen (secondary N) is 2. The molecule has 0 aromatic carbocycles. The molecule has 0 aliphatic carbocycles.